The number of carbonyl (C=O) groups is 2. The summed E-state index contributed by atoms with van der Waals surface area (Å²) in [6.07, 6.45) is 2.17. The zero-order valence-electron chi connectivity index (χ0n) is 18.8. The van der Waals surface area contributed by atoms with Crippen LogP contribution >= 0.6 is 0 Å². The maximum atomic E-state index is 12.9. The van der Waals surface area contributed by atoms with Crippen molar-refractivity contribution < 1.29 is 14.3 Å². The minimum absolute atomic E-state index is 0.0882. The Morgan fingerprint density at radius 1 is 1.06 bits per heavy atom. The molecule has 2 aromatic carbocycles. The maximum absolute atomic E-state index is 12.9. The lowest BCUT2D eigenvalue weighted by atomic mass is 10.2. The van der Waals surface area contributed by atoms with Crippen molar-refractivity contribution in [1.29, 1.82) is 0 Å². The van der Waals surface area contributed by atoms with E-state index in [4.69, 9.17) is 4.74 Å². The van der Waals surface area contributed by atoms with E-state index in [2.05, 4.69) is 15.5 Å². The minimum Gasteiger partial charge on any atom is -0.487 e. The average Bonchev–Trinajstić information content (AvgIpc) is 3.63. The maximum Gasteiger partial charge on any atom is 0.322 e. The number of carbonyl (C=O) groups excluding carboxylic acids is 2. The van der Waals surface area contributed by atoms with Crippen LogP contribution in [0.5, 0.6) is 5.75 Å². The third kappa shape index (κ3) is 5.79. The topological polar surface area (TPSA) is 73.9 Å². The average molecular weight is 437 g/mol. The summed E-state index contributed by atoms with van der Waals surface area (Å²) in [7, 11) is 0. The first-order chi connectivity index (χ1) is 15.5. The van der Waals surface area contributed by atoms with Crippen LogP contribution in [0, 0.1) is 6.92 Å². The van der Waals surface area contributed by atoms with Crippen molar-refractivity contribution in [2.24, 2.45) is 0 Å². The van der Waals surface area contributed by atoms with E-state index in [0.717, 1.165) is 24.0 Å². The number of nitrogens with zero attached hydrogens (tertiary/aromatic N) is 2. The summed E-state index contributed by atoms with van der Waals surface area (Å²) in [6, 6.07) is 15.8. The van der Waals surface area contributed by atoms with Crippen LogP contribution in [0.3, 0.4) is 0 Å². The normalized spacial score (nSPS) is 17.5. The smallest absolute Gasteiger partial charge is 0.322 e. The summed E-state index contributed by atoms with van der Waals surface area (Å²) in [4.78, 5) is 29.2. The number of benzene rings is 2. The molecule has 0 radical (unpaired) electrons. The Morgan fingerprint density at radius 3 is 2.47 bits per heavy atom. The fourth-order valence-electron chi connectivity index (χ4n) is 3.81. The number of anilines is 1. The molecule has 1 unspecified atom stereocenters. The van der Waals surface area contributed by atoms with Crippen LogP contribution in [0.25, 0.3) is 0 Å². The van der Waals surface area contributed by atoms with Crippen molar-refractivity contribution in [3.05, 3.63) is 59.7 Å². The molecule has 1 aliphatic carbocycles. The quantitative estimate of drug-likeness (QED) is 0.698. The number of amides is 3. The van der Waals surface area contributed by atoms with Gasteiger partial charge in [-0.2, -0.15) is 0 Å². The van der Waals surface area contributed by atoms with Gasteiger partial charge in [-0.1, -0.05) is 36.4 Å². The molecule has 0 bridgehead atoms. The van der Waals surface area contributed by atoms with Crippen molar-refractivity contribution in [3.63, 3.8) is 0 Å². The van der Waals surface area contributed by atoms with E-state index in [-0.39, 0.29) is 18.0 Å². The van der Waals surface area contributed by atoms with E-state index in [1.807, 2.05) is 62.4 Å². The molecule has 170 valence electrons. The first kappa shape index (κ1) is 22.1. The highest BCUT2D eigenvalue weighted by molar-refractivity contribution is 5.91. The molecule has 1 saturated carbocycles. The van der Waals surface area contributed by atoms with Gasteiger partial charge in [0.15, 0.2) is 0 Å². The largest absolute Gasteiger partial charge is 0.487 e. The fraction of sp³-hybridized carbons (Fsp3) is 0.440. The number of aryl methyl sites for hydroxylation is 1. The number of hydrogen-bond donors (Lipinski definition) is 2. The Balaban J connectivity index is 1.31. The monoisotopic (exact) mass is 436 g/mol. The Morgan fingerprint density at radius 2 is 1.78 bits per heavy atom. The number of rotatable bonds is 7. The van der Waals surface area contributed by atoms with Crippen molar-refractivity contribution in [2.45, 2.75) is 45.4 Å². The predicted octanol–water partition coefficient (Wildman–Crippen LogP) is 3.39. The van der Waals surface area contributed by atoms with E-state index in [1.165, 1.54) is 0 Å². The van der Waals surface area contributed by atoms with Gasteiger partial charge in [-0.15, -0.1) is 0 Å². The van der Waals surface area contributed by atoms with E-state index < -0.39 is 0 Å². The highest BCUT2D eigenvalue weighted by Gasteiger charge is 2.31. The molecular formula is C25H32N4O3. The summed E-state index contributed by atoms with van der Waals surface area (Å²) in [5.74, 6) is 0.747. The second kappa shape index (κ2) is 10.0. The van der Waals surface area contributed by atoms with Crippen LogP contribution in [0.1, 0.15) is 30.9 Å². The van der Waals surface area contributed by atoms with Gasteiger partial charge in [0, 0.05) is 32.2 Å². The van der Waals surface area contributed by atoms with Crippen molar-refractivity contribution in [3.8, 4) is 5.75 Å². The summed E-state index contributed by atoms with van der Waals surface area (Å²) in [5.41, 5.74) is 2.80. The molecule has 0 aromatic heterocycles. The van der Waals surface area contributed by atoms with Gasteiger partial charge in [0.1, 0.15) is 12.4 Å². The first-order valence-electron chi connectivity index (χ1n) is 11.4. The molecule has 1 heterocycles. The molecule has 7 nitrogen and oxygen atoms in total. The number of piperazine rings is 1. The summed E-state index contributed by atoms with van der Waals surface area (Å²) >= 11 is 0. The Hall–Kier alpha value is -3.06. The number of hydrogen-bond acceptors (Lipinski definition) is 4. The molecular weight excluding hydrogens is 404 g/mol. The van der Waals surface area contributed by atoms with Gasteiger partial charge in [0.05, 0.1) is 11.7 Å². The van der Waals surface area contributed by atoms with Gasteiger partial charge in [0.2, 0.25) is 5.91 Å². The lowest BCUT2D eigenvalue weighted by Crippen LogP contribution is -2.55. The third-order valence-electron chi connectivity index (χ3n) is 6.07. The van der Waals surface area contributed by atoms with Crippen LogP contribution in [0.4, 0.5) is 10.5 Å². The first-order valence-corrected chi connectivity index (χ1v) is 11.4. The van der Waals surface area contributed by atoms with Gasteiger partial charge in [0.25, 0.3) is 0 Å². The van der Waals surface area contributed by atoms with Gasteiger partial charge in [-0.3, -0.25) is 9.69 Å². The molecule has 4 rings (SSSR count). The van der Waals surface area contributed by atoms with E-state index in [0.29, 0.717) is 50.3 Å². The van der Waals surface area contributed by atoms with Gasteiger partial charge < -0.3 is 20.3 Å². The predicted molar refractivity (Wildman–Crippen MR) is 125 cm³/mol. The summed E-state index contributed by atoms with van der Waals surface area (Å²) in [6.45, 7) is 6.90. The molecule has 2 aliphatic rings. The molecule has 1 aliphatic heterocycles. The van der Waals surface area contributed by atoms with Crippen molar-refractivity contribution in [1.82, 2.24) is 15.1 Å². The highest BCUT2D eigenvalue weighted by Crippen LogP contribution is 2.27. The van der Waals surface area contributed by atoms with Crippen LogP contribution in [0.15, 0.2) is 48.5 Å². The van der Waals surface area contributed by atoms with E-state index in [1.54, 1.807) is 4.90 Å². The molecule has 1 saturated heterocycles. The molecule has 1 atom stereocenters. The number of nitrogens with one attached hydrogen (secondary N) is 2. The van der Waals surface area contributed by atoms with Gasteiger partial charge in [-0.05, 0) is 49.9 Å². The molecule has 7 heteroatoms. The number of ether oxygens (including phenoxy) is 1. The van der Waals surface area contributed by atoms with E-state index in [9.17, 15) is 9.59 Å². The second-order valence-electron chi connectivity index (χ2n) is 8.69. The zero-order chi connectivity index (χ0) is 22.5. The third-order valence-corrected chi connectivity index (χ3v) is 6.07. The van der Waals surface area contributed by atoms with Crippen molar-refractivity contribution >= 4 is 17.6 Å². The SMILES string of the molecule is Cc1ccc(NC(=O)N2CCN(C(C)C(=O)NC3CC3)CC2)c(OCc2ccccc2)c1. The van der Waals surface area contributed by atoms with Crippen LogP contribution in [-0.4, -0.2) is 60.0 Å². The summed E-state index contributed by atoms with van der Waals surface area (Å²) < 4.78 is 6.02. The highest BCUT2D eigenvalue weighted by atomic mass is 16.5. The second-order valence-corrected chi connectivity index (χ2v) is 8.69. The summed E-state index contributed by atoms with van der Waals surface area (Å²) in [5, 5.41) is 6.07. The fourth-order valence-corrected chi connectivity index (χ4v) is 3.81. The van der Waals surface area contributed by atoms with Crippen molar-refractivity contribution in [2.75, 3.05) is 31.5 Å². The molecule has 32 heavy (non-hydrogen) atoms. The lowest BCUT2D eigenvalue weighted by Gasteiger charge is -2.37. The molecule has 2 aromatic rings. The standard InChI is InChI=1S/C25H32N4O3/c1-18-8-11-22(23(16-18)32-17-20-6-4-3-5-7-20)27-25(31)29-14-12-28(13-15-29)19(2)24(30)26-21-9-10-21/h3-8,11,16,19,21H,9-10,12-15,17H2,1-2H3,(H,26,30)(H,27,31). The van der Waals surface area contributed by atoms with Gasteiger partial charge in [-0.25, -0.2) is 4.79 Å². The Bertz CT molecular complexity index is 937. The van der Waals surface area contributed by atoms with Crippen LogP contribution in [0.2, 0.25) is 0 Å². The Kier molecular flexibility index (Phi) is 6.95. The molecule has 0 spiro atoms. The van der Waals surface area contributed by atoms with Crippen LogP contribution < -0.4 is 15.4 Å². The van der Waals surface area contributed by atoms with Crippen LogP contribution in [-0.2, 0) is 11.4 Å². The molecule has 3 amide bonds. The molecule has 2 N–H and O–H groups in total. The molecule has 2 fully saturated rings. The lowest BCUT2D eigenvalue weighted by molar-refractivity contribution is -0.126. The van der Waals surface area contributed by atoms with Gasteiger partial charge >= 0.3 is 6.03 Å². The zero-order valence-corrected chi connectivity index (χ0v) is 18.8. The Labute approximate surface area is 189 Å². The number of urea groups is 1. The minimum atomic E-state index is -0.170. The van der Waals surface area contributed by atoms with E-state index >= 15 is 0 Å².